The summed E-state index contributed by atoms with van der Waals surface area (Å²) in [5, 5.41) is 28.5. The van der Waals surface area contributed by atoms with E-state index in [9.17, 15) is 19.8 Å². The van der Waals surface area contributed by atoms with E-state index in [0.29, 0.717) is 6.42 Å². The number of aliphatic hydroxyl groups excluding tert-OH is 3. The summed E-state index contributed by atoms with van der Waals surface area (Å²) in [6.07, 6.45) is 14.8. The van der Waals surface area contributed by atoms with Crippen LogP contribution in [0.15, 0.2) is 12.2 Å². The molecule has 29 heavy (non-hydrogen) atoms. The van der Waals surface area contributed by atoms with Crippen LogP contribution in [0.2, 0.25) is 0 Å². The number of carbonyl (C=O) groups excluding carboxylic acids is 2. The summed E-state index contributed by atoms with van der Waals surface area (Å²) in [6.45, 7) is 2.95. The third kappa shape index (κ3) is 17.3. The second kappa shape index (κ2) is 18.8. The molecule has 0 saturated heterocycles. The first-order chi connectivity index (χ1) is 13.9. The van der Waals surface area contributed by atoms with Crippen LogP contribution in [-0.2, 0) is 14.3 Å². The zero-order valence-electron chi connectivity index (χ0n) is 18.4. The van der Waals surface area contributed by atoms with Crippen molar-refractivity contribution in [3.05, 3.63) is 12.2 Å². The molecule has 3 atom stereocenters. The summed E-state index contributed by atoms with van der Waals surface area (Å²) < 4.78 is 4.64. The molecule has 0 rings (SSSR count). The maximum atomic E-state index is 11.9. The van der Waals surface area contributed by atoms with Crippen molar-refractivity contribution in [2.45, 2.75) is 110 Å². The van der Waals surface area contributed by atoms with E-state index >= 15 is 0 Å². The predicted octanol–water partition coefficient (Wildman–Crippen LogP) is 4.05. The summed E-state index contributed by atoms with van der Waals surface area (Å²) in [5.41, 5.74) is 0. The molecule has 0 fully saturated rings. The van der Waals surface area contributed by atoms with Gasteiger partial charge in [-0.05, 0) is 38.5 Å². The monoisotopic (exact) mass is 414 g/mol. The molecule has 0 heterocycles. The van der Waals surface area contributed by atoms with Crippen molar-refractivity contribution in [3.8, 4) is 0 Å². The van der Waals surface area contributed by atoms with Gasteiger partial charge in [0.1, 0.15) is 0 Å². The number of rotatable bonds is 18. The molecule has 6 heteroatoms. The van der Waals surface area contributed by atoms with Crippen LogP contribution in [0.3, 0.4) is 0 Å². The van der Waals surface area contributed by atoms with Crippen molar-refractivity contribution in [3.63, 3.8) is 0 Å². The highest BCUT2D eigenvalue weighted by Crippen LogP contribution is 2.19. The Labute approximate surface area is 176 Å². The topological polar surface area (TPSA) is 104 Å². The van der Waals surface area contributed by atoms with Gasteiger partial charge in [0.2, 0.25) is 0 Å². The fraction of sp³-hybridized carbons (Fsp3) is 0.826. The summed E-state index contributed by atoms with van der Waals surface area (Å²) >= 11 is 0. The number of hydrogen-bond donors (Lipinski definition) is 3. The van der Waals surface area contributed by atoms with Crippen LogP contribution in [0.5, 0.6) is 0 Å². The lowest BCUT2D eigenvalue weighted by Crippen LogP contribution is -2.26. The highest BCUT2D eigenvalue weighted by molar-refractivity contribution is 5.85. The first-order valence-electron chi connectivity index (χ1n) is 11.2. The van der Waals surface area contributed by atoms with Gasteiger partial charge in [-0.2, -0.15) is 0 Å². The Kier molecular flexibility index (Phi) is 18.0. The Balaban J connectivity index is 3.87. The first kappa shape index (κ1) is 27.8. The number of esters is 2. The first-order valence-corrected chi connectivity index (χ1v) is 11.2. The summed E-state index contributed by atoms with van der Waals surface area (Å²) in [7, 11) is 0. The normalized spacial score (nSPS) is 14.7. The smallest absolute Gasteiger partial charge is 0.316 e. The lowest BCUT2D eigenvalue weighted by atomic mass is 9.94. The van der Waals surface area contributed by atoms with Crippen LogP contribution in [0.25, 0.3) is 0 Å². The van der Waals surface area contributed by atoms with Crippen molar-refractivity contribution in [1.29, 1.82) is 0 Å². The Morgan fingerprint density at radius 1 is 0.897 bits per heavy atom. The van der Waals surface area contributed by atoms with E-state index in [2.05, 4.69) is 23.8 Å². The fourth-order valence-corrected chi connectivity index (χ4v) is 3.26. The minimum Gasteiger partial charge on any atom is -0.394 e. The molecular formula is C23H42O6. The number of ether oxygens (including phenoxy) is 1. The van der Waals surface area contributed by atoms with Crippen molar-refractivity contribution in [2.24, 2.45) is 5.92 Å². The van der Waals surface area contributed by atoms with Gasteiger partial charge < -0.3 is 20.1 Å². The molecule has 6 nitrogen and oxygen atoms in total. The average Bonchev–Trinajstić information content (AvgIpc) is 2.68. The van der Waals surface area contributed by atoms with E-state index in [4.69, 9.17) is 5.11 Å². The Morgan fingerprint density at radius 3 is 2.21 bits per heavy atom. The predicted molar refractivity (Wildman–Crippen MR) is 114 cm³/mol. The van der Waals surface area contributed by atoms with Gasteiger partial charge in [-0.1, -0.05) is 64.0 Å². The molecule has 0 aromatic carbocycles. The molecule has 0 bridgehead atoms. The maximum Gasteiger partial charge on any atom is 0.316 e. The van der Waals surface area contributed by atoms with Gasteiger partial charge in [-0.15, -0.1) is 0 Å². The minimum absolute atomic E-state index is 0.103. The second-order valence-corrected chi connectivity index (χ2v) is 7.88. The third-order valence-corrected chi connectivity index (χ3v) is 4.98. The van der Waals surface area contributed by atoms with Crippen molar-refractivity contribution < 1.29 is 29.6 Å². The van der Waals surface area contributed by atoms with Crippen LogP contribution in [0.4, 0.5) is 0 Å². The summed E-state index contributed by atoms with van der Waals surface area (Å²) in [6, 6.07) is 0. The average molecular weight is 415 g/mol. The van der Waals surface area contributed by atoms with Gasteiger partial charge in [0, 0.05) is 6.92 Å². The Hall–Kier alpha value is -1.24. The zero-order chi connectivity index (χ0) is 21.9. The summed E-state index contributed by atoms with van der Waals surface area (Å²) in [4.78, 5) is 22.9. The van der Waals surface area contributed by atoms with Gasteiger partial charge in [0.25, 0.3) is 0 Å². The molecule has 170 valence electrons. The van der Waals surface area contributed by atoms with Crippen LogP contribution in [0, 0.1) is 5.92 Å². The maximum absolute atomic E-state index is 11.9. The molecule has 0 aliphatic carbocycles. The number of carbonyl (C=O) groups is 2. The van der Waals surface area contributed by atoms with Crippen molar-refractivity contribution in [2.75, 3.05) is 6.61 Å². The molecule has 2 unspecified atom stereocenters. The SMILES string of the molecule is CCCCCC[C@@H](O)CC=CCCCCCCC(CC(O)CO)C(=O)OC(C)=O. The van der Waals surface area contributed by atoms with Gasteiger partial charge in [-0.25, -0.2) is 0 Å². The minimum atomic E-state index is -0.980. The molecule has 0 aromatic heterocycles. The third-order valence-electron chi connectivity index (χ3n) is 4.98. The highest BCUT2D eigenvalue weighted by atomic mass is 16.6. The Morgan fingerprint density at radius 2 is 1.55 bits per heavy atom. The van der Waals surface area contributed by atoms with Gasteiger partial charge in [0.05, 0.1) is 24.7 Å². The fourth-order valence-electron chi connectivity index (χ4n) is 3.26. The highest BCUT2D eigenvalue weighted by Gasteiger charge is 2.24. The molecule has 0 aliphatic heterocycles. The van der Waals surface area contributed by atoms with Gasteiger partial charge in [0.15, 0.2) is 0 Å². The zero-order valence-corrected chi connectivity index (χ0v) is 18.4. The molecule has 3 N–H and O–H groups in total. The van der Waals surface area contributed by atoms with Crippen molar-refractivity contribution >= 4 is 11.9 Å². The van der Waals surface area contributed by atoms with Crippen LogP contribution in [-0.4, -0.2) is 46.1 Å². The molecule has 0 amide bonds. The molecular weight excluding hydrogens is 372 g/mol. The molecule has 0 aliphatic rings. The lowest BCUT2D eigenvalue weighted by molar-refractivity contribution is -0.162. The van der Waals surface area contributed by atoms with Crippen LogP contribution in [0.1, 0.15) is 97.3 Å². The van der Waals surface area contributed by atoms with E-state index in [1.54, 1.807) is 0 Å². The number of unbranched alkanes of at least 4 members (excludes halogenated alkanes) is 7. The second-order valence-electron chi connectivity index (χ2n) is 7.88. The van der Waals surface area contributed by atoms with E-state index < -0.39 is 30.6 Å². The number of hydrogen-bond acceptors (Lipinski definition) is 6. The lowest BCUT2D eigenvalue weighted by Gasteiger charge is -2.17. The Bertz CT molecular complexity index is 449. The summed E-state index contributed by atoms with van der Waals surface area (Å²) in [5.74, 6) is -1.85. The molecule has 0 aromatic rings. The number of aliphatic hydroxyl groups is 3. The van der Waals surface area contributed by atoms with E-state index in [1.165, 1.54) is 26.2 Å². The van der Waals surface area contributed by atoms with E-state index in [0.717, 1.165) is 51.4 Å². The van der Waals surface area contributed by atoms with Crippen LogP contribution >= 0.6 is 0 Å². The van der Waals surface area contributed by atoms with Crippen molar-refractivity contribution in [1.82, 2.24) is 0 Å². The molecule has 0 saturated carbocycles. The largest absolute Gasteiger partial charge is 0.394 e. The standard InChI is InChI=1S/C23H42O6/c1-3-4-5-12-15-21(26)16-13-10-8-6-7-9-11-14-20(17-22(27)18-24)23(28)29-19(2)25/h10,13,20-22,24,26-27H,3-9,11-12,14-18H2,1-2H3/t20?,21-,22?/m1/s1. The van der Waals surface area contributed by atoms with E-state index in [1.807, 2.05) is 0 Å². The molecule has 0 spiro atoms. The van der Waals surface area contributed by atoms with Crippen LogP contribution < -0.4 is 0 Å². The van der Waals surface area contributed by atoms with Gasteiger partial charge >= 0.3 is 11.9 Å². The quantitative estimate of drug-likeness (QED) is 0.135. The number of allylic oxidation sites excluding steroid dienone is 1. The van der Waals surface area contributed by atoms with E-state index in [-0.39, 0.29) is 12.5 Å². The van der Waals surface area contributed by atoms with Gasteiger partial charge in [-0.3, -0.25) is 9.59 Å². The molecule has 0 radical (unpaired) electrons.